The van der Waals surface area contributed by atoms with E-state index in [1.165, 1.54) is 6.92 Å². The number of rotatable bonds is 4. The lowest BCUT2D eigenvalue weighted by molar-refractivity contribution is -0.169. The monoisotopic (exact) mass is 332 g/mol. The molecule has 2 rings (SSSR count). The van der Waals surface area contributed by atoms with Crippen LogP contribution >= 0.6 is 0 Å². The number of carbonyl (C=O) groups is 3. The maximum absolute atomic E-state index is 12.8. The summed E-state index contributed by atoms with van der Waals surface area (Å²) in [6, 6.07) is 8.83. The summed E-state index contributed by atoms with van der Waals surface area (Å²) in [5.41, 5.74) is 0.982. The van der Waals surface area contributed by atoms with Crippen molar-refractivity contribution in [2.24, 2.45) is 11.8 Å². The first kappa shape index (κ1) is 18.0. The number of carbonyl (C=O) groups excluding carboxylic acids is 3. The van der Waals surface area contributed by atoms with E-state index in [4.69, 9.17) is 4.74 Å². The fourth-order valence-electron chi connectivity index (χ4n) is 3.07. The first-order valence-corrected chi connectivity index (χ1v) is 8.14. The van der Waals surface area contributed by atoms with E-state index in [0.29, 0.717) is 0 Å². The van der Waals surface area contributed by atoms with Gasteiger partial charge in [0.15, 0.2) is 0 Å². The van der Waals surface area contributed by atoms with E-state index in [0.717, 1.165) is 5.56 Å². The van der Waals surface area contributed by atoms with Crippen LogP contribution in [0, 0.1) is 11.8 Å². The van der Waals surface area contributed by atoms with Crippen LogP contribution in [0.15, 0.2) is 30.3 Å². The Labute approximate surface area is 142 Å². The highest BCUT2D eigenvalue weighted by atomic mass is 16.5. The van der Waals surface area contributed by atoms with Gasteiger partial charge in [0.25, 0.3) is 0 Å². The van der Waals surface area contributed by atoms with Crippen LogP contribution in [0.25, 0.3) is 0 Å². The standard InChI is InChI=1S/C18H24N2O4/c1-10-16(20-13(4)21)15(12(3)24-18(10)23)17(22)19-11(2)14-8-6-5-7-9-14/h5-12,15-16H,1-4H3,(H,19,22)(H,20,21)/t10?,11-,12?,15?,16?/m0/s1. The molecule has 1 aromatic rings. The molecule has 0 saturated carbocycles. The van der Waals surface area contributed by atoms with Gasteiger partial charge in [0, 0.05) is 6.92 Å². The molecule has 0 aliphatic carbocycles. The van der Waals surface area contributed by atoms with Gasteiger partial charge < -0.3 is 15.4 Å². The highest BCUT2D eigenvalue weighted by molar-refractivity contribution is 5.86. The number of ether oxygens (including phenoxy) is 1. The largest absolute Gasteiger partial charge is 0.461 e. The van der Waals surface area contributed by atoms with Crippen LogP contribution in [0.1, 0.15) is 39.3 Å². The molecule has 0 aromatic heterocycles. The summed E-state index contributed by atoms with van der Waals surface area (Å²) in [5.74, 6) is -2.12. The minimum absolute atomic E-state index is 0.184. The number of benzene rings is 1. The quantitative estimate of drug-likeness (QED) is 0.820. The molecule has 1 aromatic carbocycles. The molecule has 1 heterocycles. The third-order valence-corrected chi connectivity index (χ3v) is 4.44. The van der Waals surface area contributed by atoms with Gasteiger partial charge in [-0.3, -0.25) is 14.4 Å². The molecule has 0 bridgehead atoms. The van der Waals surface area contributed by atoms with Crippen LogP contribution in [-0.4, -0.2) is 29.9 Å². The molecule has 130 valence electrons. The van der Waals surface area contributed by atoms with Gasteiger partial charge in [-0.2, -0.15) is 0 Å². The van der Waals surface area contributed by atoms with Crippen LogP contribution in [0.2, 0.25) is 0 Å². The highest BCUT2D eigenvalue weighted by Crippen LogP contribution is 2.28. The zero-order valence-corrected chi connectivity index (χ0v) is 14.4. The van der Waals surface area contributed by atoms with E-state index in [-0.39, 0.29) is 17.9 Å². The van der Waals surface area contributed by atoms with E-state index in [2.05, 4.69) is 10.6 Å². The number of hydrogen-bond acceptors (Lipinski definition) is 4. The first-order chi connectivity index (χ1) is 11.3. The number of esters is 1. The Morgan fingerprint density at radius 1 is 1.17 bits per heavy atom. The fraction of sp³-hybridized carbons (Fsp3) is 0.500. The Hall–Kier alpha value is -2.37. The SMILES string of the molecule is CC(=O)NC1C(C)C(=O)OC(C)C1C(=O)N[C@@H](C)c1ccccc1. The lowest BCUT2D eigenvalue weighted by atomic mass is 9.82. The topological polar surface area (TPSA) is 84.5 Å². The van der Waals surface area contributed by atoms with Crippen molar-refractivity contribution in [2.45, 2.75) is 45.9 Å². The smallest absolute Gasteiger partial charge is 0.311 e. The Kier molecular flexibility index (Phi) is 5.59. The molecule has 1 fully saturated rings. The third kappa shape index (κ3) is 3.93. The van der Waals surface area contributed by atoms with Crippen molar-refractivity contribution < 1.29 is 19.1 Å². The normalized spacial score (nSPS) is 27.8. The molecule has 1 saturated heterocycles. The average Bonchev–Trinajstić information content (AvgIpc) is 2.52. The van der Waals surface area contributed by atoms with Crippen molar-refractivity contribution in [3.05, 3.63) is 35.9 Å². The van der Waals surface area contributed by atoms with Crippen molar-refractivity contribution in [3.8, 4) is 0 Å². The van der Waals surface area contributed by atoms with Gasteiger partial charge in [0.2, 0.25) is 11.8 Å². The zero-order valence-electron chi connectivity index (χ0n) is 14.4. The molecule has 24 heavy (non-hydrogen) atoms. The molecule has 4 unspecified atom stereocenters. The van der Waals surface area contributed by atoms with E-state index in [1.807, 2.05) is 37.3 Å². The Morgan fingerprint density at radius 3 is 2.38 bits per heavy atom. The van der Waals surface area contributed by atoms with E-state index < -0.39 is 30.0 Å². The maximum Gasteiger partial charge on any atom is 0.311 e. The summed E-state index contributed by atoms with van der Waals surface area (Å²) in [5, 5.41) is 5.69. The zero-order chi connectivity index (χ0) is 17.9. The van der Waals surface area contributed by atoms with E-state index in [9.17, 15) is 14.4 Å². The molecule has 6 nitrogen and oxygen atoms in total. The van der Waals surface area contributed by atoms with Crippen LogP contribution in [-0.2, 0) is 19.1 Å². The van der Waals surface area contributed by atoms with Crippen molar-refractivity contribution in [1.82, 2.24) is 10.6 Å². The molecule has 0 spiro atoms. The molecule has 5 atom stereocenters. The Bertz CT molecular complexity index is 617. The average molecular weight is 332 g/mol. The van der Waals surface area contributed by atoms with Gasteiger partial charge in [0.1, 0.15) is 6.10 Å². The van der Waals surface area contributed by atoms with Crippen LogP contribution < -0.4 is 10.6 Å². The summed E-state index contributed by atoms with van der Waals surface area (Å²) in [6.07, 6.45) is -0.603. The van der Waals surface area contributed by atoms with E-state index in [1.54, 1.807) is 13.8 Å². The lowest BCUT2D eigenvalue weighted by Gasteiger charge is -2.39. The summed E-state index contributed by atoms with van der Waals surface area (Å²) >= 11 is 0. The molecule has 0 radical (unpaired) electrons. The van der Waals surface area contributed by atoms with Gasteiger partial charge in [-0.15, -0.1) is 0 Å². The molecule has 1 aliphatic rings. The second kappa shape index (κ2) is 7.47. The van der Waals surface area contributed by atoms with Crippen molar-refractivity contribution in [2.75, 3.05) is 0 Å². The summed E-state index contributed by atoms with van der Waals surface area (Å²) < 4.78 is 5.28. The van der Waals surface area contributed by atoms with Gasteiger partial charge >= 0.3 is 5.97 Å². The number of nitrogens with one attached hydrogen (secondary N) is 2. The second-order valence-electron chi connectivity index (χ2n) is 6.32. The minimum Gasteiger partial charge on any atom is -0.461 e. The first-order valence-electron chi connectivity index (χ1n) is 8.14. The molecule has 2 N–H and O–H groups in total. The van der Waals surface area contributed by atoms with Crippen LogP contribution in [0.5, 0.6) is 0 Å². The minimum atomic E-state index is -0.632. The van der Waals surface area contributed by atoms with Crippen molar-refractivity contribution >= 4 is 17.8 Å². The number of amides is 2. The van der Waals surface area contributed by atoms with Crippen LogP contribution in [0.3, 0.4) is 0 Å². The third-order valence-electron chi connectivity index (χ3n) is 4.44. The predicted molar refractivity (Wildman–Crippen MR) is 88.8 cm³/mol. The molecule has 2 amide bonds. The molecular weight excluding hydrogens is 308 g/mol. The fourth-order valence-corrected chi connectivity index (χ4v) is 3.07. The Morgan fingerprint density at radius 2 is 1.79 bits per heavy atom. The lowest BCUT2D eigenvalue weighted by Crippen LogP contribution is -2.59. The van der Waals surface area contributed by atoms with Gasteiger partial charge in [-0.1, -0.05) is 30.3 Å². The van der Waals surface area contributed by atoms with Crippen molar-refractivity contribution in [1.29, 1.82) is 0 Å². The molecular formula is C18H24N2O4. The summed E-state index contributed by atoms with van der Waals surface area (Å²) in [4.78, 5) is 36.2. The second-order valence-corrected chi connectivity index (χ2v) is 6.32. The summed E-state index contributed by atoms with van der Waals surface area (Å²) in [6.45, 7) is 6.61. The van der Waals surface area contributed by atoms with Gasteiger partial charge in [-0.05, 0) is 26.3 Å². The molecule has 6 heteroatoms. The maximum atomic E-state index is 12.8. The van der Waals surface area contributed by atoms with E-state index >= 15 is 0 Å². The number of cyclic esters (lactones) is 1. The van der Waals surface area contributed by atoms with Gasteiger partial charge in [-0.25, -0.2) is 0 Å². The number of hydrogen-bond donors (Lipinski definition) is 2. The predicted octanol–water partition coefficient (Wildman–Crippen LogP) is 1.57. The highest BCUT2D eigenvalue weighted by Gasteiger charge is 2.46. The summed E-state index contributed by atoms with van der Waals surface area (Å²) in [7, 11) is 0. The molecule has 1 aliphatic heterocycles. The van der Waals surface area contributed by atoms with Gasteiger partial charge in [0.05, 0.1) is 23.9 Å². The Balaban J connectivity index is 2.17. The van der Waals surface area contributed by atoms with Crippen molar-refractivity contribution in [3.63, 3.8) is 0 Å². The van der Waals surface area contributed by atoms with Crippen LogP contribution in [0.4, 0.5) is 0 Å².